The van der Waals surface area contributed by atoms with Crippen LogP contribution in [0.3, 0.4) is 0 Å². The lowest BCUT2D eigenvalue weighted by atomic mass is 10.2. The molecule has 0 bridgehead atoms. The number of hydrogen-bond donors (Lipinski definition) is 1. The highest BCUT2D eigenvalue weighted by atomic mass is 16.5. The molecule has 1 atom stereocenters. The Hall–Kier alpha value is -1.73. The van der Waals surface area contributed by atoms with Crippen LogP contribution in [0.5, 0.6) is 11.5 Å². The maximum atomic E-state index is 9.14. The molecular formula is C12H15NO3. The number of nitriles is 1. The van der Waals surface area contributed by atoms with E-state index < -0.39 is 6.10 Å². The second kappa shape index (κ2) is 5.99. The van der Waals surface area contributed by atoms with Crippen molar-refractivity contribution in [1.29, 1.82) is 5.26 Å². The minimum Gasteiger partial charge on any atom is -0.497 e. The highest BCUT2D eigenvalue weighted by Gasteiger charge is 2.10. The van der Waals surface area contributed by atoms with Crippen molar-refractivity contribution in [2.75, 3.05) is 7.11 Å². The van der Waals surface area contributed by atoms with Gasteiger partial charge in [0.15, 0.2) is 6.10 Å². The predicted octanol–water partition coefficient (Wildman–Crippen LogP) is 1.87. The Balaban J connectivity index is 2.95. The zero-order valence-corrected chi connectivity index (χ0v) is 9.43. The molecule has 0 aromatic heterocycles. The van der Waals surface area contributed by atoms with Crippen LogP contribution in [0.2, 0.25) is 0 Å². The molecule has 0 aliphatic rings. The summed E-state index contributed by atoms with van der Waals surface area (Å²) in [5, 5.41) is 17.9. The largest absolute Gasteiger partial charge is 0.497 e. The predicted molar refractivity (Wildman–Crippen MR) is 59.2 cm³/mol. The van der Waals surface area contributed by atoms with E-state index >= 15 is 0 Å². The number of ether oxygens (including phenoxy) is 2. The number of hydrogen-bond acceptors (Lipinski definition) is 4. The molecule has 0 saturated heterocycles. The van der Waals surface area contributed by atoms with Crippen molar-refractivity contribution in [3.63, 3.8) is 0 Å². The summed E-state index contributed by atoms with van der Waals surface area (Å²) in [6, 6.07) is 7.18. The highest BCUT2D eigenvalue weighted by molar-refractivity contribution is 5.40. The summed E-state index contributed by atoms with van der Waals surface area (Å²) in [7, 11) is 1.55. The Morgan fingerprint density at radius 1 is 1.50 bits per heavy atom. The van der Waals surface area contributed by atoms with Crippen LogP contribution in [-0.2, 0) is 6.61 Å². The highest BCUT2D eigenvalue weighted by Crippen LogP contribution is 2.26. The van der Waals surface area contributed by atoms with Crippen LogP contribution >= 0.6 is 0 Å². The van der Waals surface area contributed by atoms with E-state index in [-0.39, 0.29) is 6.61 Å². The molecule has 0 amide bonds. The molecule has 0 aliphatic heterocycles. The van der Waals surface area contributed by atoms with Gasteiger partial charge in [-0.2, -0.15) is 5.26 Å². The molecule has 16 heavy (non-hydrogen) atoms. The molecule has 0 spiro atoms. The van der Waals surface area contributed by atoms with Crippen molar-refractivity contribution in [2.45, 2.75) is 26.1 Å². The SMILES string of the molecule is CCC(C#N)Oc1cc(OC)ccc1CO. The first kappa shape index (κ1) is 12.3. The lowest BCUT2D eigenvalue weighted by molar-refractivity contribution is 0.231. The van der Waals surface area contributed by atoms with E-state index in [1.807, 2.05) is 13.0 Å². The molecular weight excluding hydrogens is 206 g/mol. The minimum atomic E-state index is -0.502. The first-order valence-electron chi connectivity index (χ1n) is 5.09. The smallest absolute Gasteiger partial charge is 0.184 e. The van der Waals surface area contributed by atoms with Gasteiger partial charge in [-0.15, -0.1) is 0 Å². The summed E-state index contributed by atoms with van der Waals surface area (Å²) in [5.74, 6) is 1.13. The first-order chi connectivity index (χ1) is 7.74. The molecule has 1 N–H and O–H groups in total. The molecule has 4 nitrogen and oxygen atoms in total. The van der Waals surface area contributed by atoms with Crippen molar-refractivity contribution < 1.29 is 14.6 Å². The molecule has 0 heterocycles. The molecule has 0 saturated carbocycles. The first-order valence-corrected chi connectivity index (χ1v) is 5.09. The maximum absolute atomic E-state index is 9.14. The molecule has 0 aliphatic carbocycles. The van der Waals surface area contributed by atoms with E-state index in [0.29, 0.717) is 23.5 Å². The summed E-state index contributed by atoms with van der Waals surface area (Å²) in [6.07, 6.45) is 0.0934. The number of nitrogens with zero attached hydrogens (tertiary/aromatic N) is 1. The average Bonchev–Trinajstić information content (AvgIpc) is 2.35. The van der Waals surface area contributed by atoms with Gasteiger partial charge in [-0.1, -0.05) is 6.92 Å². The lowest BCUT2D eigenvalue weighted by Gasteiger charge is -2.14. The van der Waals surface area contributed by atoms with Gasteiger partial charge in [0.1, 0.15) is 17.6 Å². The third kappa shape index (κ3) is 2.88. The fourth-order valence-corrected chi connectivity index (χ4v) is 1.26. The van der Waals surface area contributed by atoms with Gasteiger partial charge < -0.3 is 14.6 Å². The summed E-state index contributed by atoms with van der Waals surface area (Å²) in [6.45, 7) is 1.74. The molecule has 0 fully saturated rings. The molecule has 86 valence electrons. The standard InChI is InChI=1S/C12H15NO3/c1-3-10(7-13)16-12-6-11(15-2)5-4-9(12)8-14/h4-6,10,14H,3,8H2,1-2H3. The summed E-state index contributed by atoms with van der Waals surface area (Å²) in [4.78, 5) is 0. The Kier molecular flexibility index (Phi) is 4.62. The normalized spacial score (nSPS) is 11.6. The number of rotatable bonds is 5. The van der Waals surface area contributed by atoms with E-state index in [1.54, 1.807) is 25.3 Å². The van der Waals surface area contributed by atoms with Gasteiger partial charge in [-0.25, -0.2) is 0 Å². The van der Waals surface area contributed by atoms with Gasteiger partial charge in [0.05, 0.1) is 13.7 Å². The number of aliphatic hydroxyl groups is 1. The van der Waals surface area contributed by atoms with Crippen molar-refractivity contribution in [3.8, 4) is 17.6 Å². The zero-order chi connectivity index (χ0) is 12.0. The van der Waals surface area contributed by atoms with Crippen LogP contribution in [0.1, 0.15) is 18.9 Å². The van der Waals surface area contributed by atoms with Crippen LogP contribution in [0.4, 0.5) is 0 Å². The topological polar surface area (TPSA) is 62.5 Å². The van der Waals surface area contributed by atoms with Crippen LogP contribution in [-0.4, -0.2) is 18.3 Å². The van der Waals surface area contributed by atoms with Crippen molar-refractivity contribution in [1.82, 2.24) is 0 Å². The summed E-state index contributed by atoms with van der Waals surface area (Å²) >= 11 is 0. The van der Waals surface area contributed by atoms with Gasteiger partial charge in [-0.3, -0.25) is 0 Å². The number of methoxy groups -OCH3 is 1. The maximum Gasteiger partial charge on any atom is 0.184 e. The Morgan fingerprint density at radius 2 is 2.25 bits per heavy atom. The average molecular weight is 221 g/mol. The van der Waals surface area contributed by atoms with Crippen LogP contribution in [0.25, 0.3) is 0 Å². The van der Waals surface area contributed by atoms with Crippen molar-refractivity contribution in [2.24, 2.45) is 0 Å². The Morgan fingerprint density at radius 3 is 2.75 bits per heavy atom. The second-order valence-corrected chi connectivity index (χ2v) is 3.28. The van der Waals surface area contributed by atoms with Crippen molar-refractivity contribution in [3.05, 3.63) is 23.8 Å². The van der Waals surface area contributed by atoms with E-state index in [9.17, 15) is 0 Å². The molecule has 1 aromatic rings. The van der Waals surface area contributed by atoms with Gasteiger partial charge in [0.2, 0.25) is 0 Å². The van der Waals surface area contributed by atoms with Crippen LogP contribution in [0, 0.1) is 11.3 Å². The van der Waals surface area contributed by atoms with E-state index in [1.165, 1.54) is 0 Å². The lowest BCUT2D eigenvalue weighted by Crippen LogP contribution is -2.13. The van der Waals surface area contributed by atoms with E-state index in [4.69, 9.17) is 19.8 Å². The van der Waals surface area contributed by atoms with Gasteiger partial charge in [0, 0.05) is 11.6 Å². The monoisotopic (exact) mass is 221 g/mol. The fraction of sp³-hybridized carbons (Fsp3) is 0.417. The second-order valence-electron chi connectivity index (χ2n) is 3.28. The van der Waals surface area contributed by atoms with Crippen LogP contribution in [0.15, 0.2) is 18.2 Å². The Bertz CT molecular complexity index is 384. The van der Waals surface area contributed by atoms with Gasteiger partial charge in [-0.05, 0) is 18.6 Å². The third-order valence-corrected chi connectivity index (χ3v) is 2.23. The molecule has 1 rings (SSSR count). The summed E-state index contributed by atoms with van der Waals surface area (Å²) < 4.78 is 10.5. The quantitative estimate of drug-likeness (QED) is 0.824. The summed E-state index contributed by atoms with van der Waals surface area (Å²) in [5.41, 5.74) is 0.648. The van der Waals surface area contributed by atoms with Gasteiger partial charge >= 0.3 is 0 Å². The van der Waals surface area contributed by atoms with Crippen LogP contribution < -0.4 is 9.47 Å². The Labute approximate surface area is 95.0 Å². The van der Waals surface area contributed by atoms with E-state index in [0.717, 1.165) is 0 Å². The van der Waals surface area contributed by atoms with Crippen molar-refractivity contribution >= 4 is 0 Å². The van der Waals surface area contributed by atoms with E-state index in [2.05, 4.69) is 0 Å². The van der Waals surface area contributed by atoms with Gasteiger partial charge in [0.25, 0.3) is 0 Å². The molecule has 0 radical (unpaired) electrons. The zero-order valence-electron chi connectivity index (χ0n) is 9.43. The fourth-order valence-electron chi connectivity index (χ4n) is 1.26. The minimum absolute atomic E-state index is 0.124. The third-order valence-electron chi connectivity index (χ3n) is 2.23. The molecule has 1 unspecified atom stereocenters. The number of aliphatic hydroxyl groups excluding tert-OH is 1. The molecule has 1 aromatic carbocycles. The molecule has 4 heteroatoms. The number of benzene rings is 1.